The van der Waals surface area contributed by atoms with Gasteiger partial charge in [0, 0.05) is 44.0 Å². The van der Waals surface area contributed by atoms with Crippen LogP contribution in [-0.2, 0) is 19.4 Å². The molecule has 0 spiro atoms. The summed E-state index contributed by atoms with van der Waals surface area (Å²) in [6.45, 7) is 5.55. The summed E-state index contributed by atoms with van der Waals surface area (Å²) in [5, 5.41) is 0. The van der Waals surface area contributed by atoms with Crippen LogP contribution < -0.4 is 15.4 Å². The van der Waals surface area contributed by atoms with Crippen molar-refractivity contribution in [2.24, 2.45) is 5.73 Å². The van der Waals surface area contributed by atoms with Crippen LogP contribution in [-0.4, -0.2) is 73.7 Å². The van der Waals surface area contributed by atoms with Crippen LogP contribution in [0.4, 0.5) is 5.82 Å². The Morgan fingerprint density at radius 1 is 0.919 bits per heavy atom. The van der Waals surface area contributed by atoms with Crippen molar-refractivity contribution in [3.05, 3.63) is 46.9 Å². The Morgan fingerprint density at radius 2 is 1.62 bits per heavy atom. The fourth-order valence-corrected chi connectivity index (χ4v) is 5.54. The quantitative estimate of drug-likeness (QED) is 0.352. The third-order valence-corrected chi connectivity index (χ3v) is 7.57. The van der Waals surface area contributed by atoms with Crippen molar-refractivity contribution in [3.8, 4) is 5.75 Å². The van der Waals surface area contributed by atoms with E-state index in [0.29, 0.717) is 0 Å². The minimum atomic E-state index is -0.205. The summed E-state index contributed by atoms with van der Waals surface area (Å²) < 4.78 is 5.88. The SMILES string of the molecule is CN(C)CCCOc1ccc(CN(C)CC(N)c2nc3c(c(N4CCCCCC4)n2)CCCCC3)cc1. The summed E-state index contributed by atoms with van der Waals surface area (Å²) in [6, 6.07) is 8.24. The molecular formula is C30H48N6O. The Balaban J connectivity index is 1.38. The first-order chi connectivity index (χ1) is 18.0. The maximum absolute atomic E-state index is 6.76. The molecule has 1 aromatic heterocycles. The van der Waals surface area contributed by atoms with Crippen LogP contribution in [0.25, 0.3) is 0 Å². The van der Waals surface area contributed by atoms with Crippen molar-refractivity contribution >= 4 is 5.82 Å². The fourth-order valence-electron chi connectivity index (χ4n) is 5.54. The molecule has 4 rings (SSSR count). The molecule has 0 amide bonds. The maximum atomic E-state index is 6.76. The second-order valence-electron chi connectivity index (χ2n) is 11.2. The number of rotatable bonds is 11. The molecule has 0 bridgehead atoms. The first kappa shape index (κ1) is 27.8. The molecule has 1 aliphatic carbocycles. The normalized spacial score (nSPS) is 17.4. The van der Waals surface area contributed by atoms with Crippen LogP contribution in [0.15, 0.2) is 24.3 Å². The number of hydrogen-bond acceptors (Lipinski definition) is 7. The van der Waals surface area contributed by atoms with E-state index in [1.165, 1.54) is 67.6 Å². The van der Waals surface area contributed by atoms with Gasteiger partial charge < -0.3 is 25.2 Å². The highest BCUT2D eigenvalue weighted by atomic mass is 16.5. The largest absolute Gasteiger partial charge is 0.494 e. The third kappa shape index (κ3) is 8.39. The number of ether oxygens (including phenoxy) is 1. The molecule has 2 aliphatic rings. The van der Waals surface area contributed by atoms with Crippen LogP contribution in [0, 0.1) is 0 Å². The highest BCUT2D eigenvalue weighted by Gasteiger charge is 2.24. The Bertz CT molecular complexity index is 955. The van der Waals surface area contributed by atoms with Gasteiger partial charge in [-0.3, -0.25) is 0 Å². The highest BCUT2D eigenvalue weighted by Crippen LogP contribution is 2.30. The number of aromatic nitrogens is 2. The molecule has 1 atom stereocenters. The Kier molecular flexibility index (Phi) is 10.6. The Labute approximate surface area is 224 Å². The minimum absolute atomic E-state index is 0.205. The lowest BCUT2D eigenvalue weighted by Gasteiger charge is -2.27. The summed E-state index contributed by atoms with van der Waals surface area (Å²) in [6.07, 6.45) is 12.1. The monoisotopic (exact) mass is 508 g/mol. The van der Waals surface area contributed by atoms with Crippen molar-refractivity contribution < 1.29 is 4.74 Å². The van der Waals surface area contributed by atoms with E-state index in [1.807, 2.05) is 0 Å². The molecule has 0 radical (unpaired) electrons. The molecule has 37 heavy (non-hydrogen) atoms. The molecule has 7 heteroatoms. The van der Waals surface area contributed by atoms with E-state index in [1.54, 1.807) is 0 Å². The zero-order valence-corrected chi connectivity index (χ0v) is 23.4. The van der Waals surface area contributed by atoms with Gasteiger partial charge >= 0.3 is 0 Å². The van der Waals surface area contributed by atoms with Gasteiger partial charge in [-0.15, -0.1) is 0 Å². The zero-order chi connectivity index (χ0) is 26.0. The fraction of sp³-hybridized carbons (Fsp3) is 0.667. The second-order valence-corrected chi connectivity index (χ2v) is 11.2. The average Bonchev–Trinajstić information content (AvgIpc) is 3.30. The molecule has 2 N–H and O–H groups in total. The lowest BCUT2D eigenvalue weighted by Crippen LogP contribution is -2.32. The number of hydrogen-bond donors (Lipinski definition) is 1. The molecule has 204 valence electrons. The van der Waals surface area contributed by atoms with Gasteiger partial charge in [0.1, 0.15) is 17.4 Å². The van der Waals surface area contributed by atoms with Gasteiger partial charge in [0.05, 0.1) is 12.6 Å². The van der Waals surface area contributed by atoms with Gasteiger partial charge in [0.2, 0.25) is 0 Å². The lowest BCUT2D eigenvalue weighted by molar-refractivity contribution is 0.281. The van der Waals surface area contributed by atoms with E-state index in [4.69, 9.17) is 20.4 Å². The van der Waals surface area contributed by atoms with E-state index in [2.05, 4.69) is 60.1 Å². The average molecular weight is 509 g/mol. The van der Waals surface area contributed by atoms with Gasteiger partial charge in [-0.1, -0.05) is 31.4 Å². The number of benzene rings is 1. The number of nitrogens with two attached hydrogens (primary N) is 1. The number of anilines is 1. The smallest absolute Gasteiger partial charge is 0.149 e. The van der Waals surface area contributed by atoms with E-state index in [-0.39, 0.29) is 6.04 Å². The molecule has 1 unspecified atom stereocenters. The predicted molar refractivity (Wildman–Crippen MR) is 152 cm³/mol. The summed E-state index contributed by atoms with van der Waals surface area (Å²) >= 11 is 0. The van der Waals surface area contributed by atoms with Crippen LogP contribution in [0.3, 0.4) is 0 Å². The topological polar surface area (TPSA) is 70.8 Å². The maximum Gasteiger partial charge on any atom is 0.149 e. The molecule has 2 heterocycles. The Morgan fingerprint density at radius 3 is 2.35 bits per heavy atom. The first-order valence-electron chi connectivity index (χ1n) is 14.4. The standard InChI is InChI=1S/C30H48N6O/c1-34(2)18-11-21-37-25-16-14-24(15-17-25)22-35(3)23-27(31)29-32-28-13-8-6-7-12-26(28)30(33-29)36-19-9-4-5-10-20-36/h14-17,27H,4-13,18-23,31H2,1-3H3. The molecular weight excluding hydrogens is 460 g/mol. The number of fused-ring (bicyclic) bond motifs is 1. The lowest BCUT2D eigenvalue weighted by atomic mass is 10.1. The molecule has 1 saturated heterocycles. The van der Waals surface area contributed by atoms with Gasteiger partial charge in [-0.2, -0.15) is 0 Å². The van der Waals surface area contributed by atoms with E-state index in [9.17, 15) is 0 Å². The third-order valence-electron chi connectivity index (χ3n) is 7.57. The minimum Gasteiger partial charge on any atom is -0.494 e. The second kappa shape index (κ2) is 14.1. The molecule has 1 aliphatic heterocycles. The van der Waals surface area contributed by atoms with Gasteiger partial charge in [0.25, 0.3) is 0 Å². The van der Waals surface area contributed by atoms with Gasteiger partial charge in [-0.05, 0) is 83.8 Å². The van der Waals surface area contributed by atoms with Gasteiger partial charge in [-0.25, -0.2) is 9.97 Å². The van der Waals surface area contributed by atoms with E-state index in [0.717, 1.165) is 70.2 Å². The summed E-state index contributed by atoms with van der Waals surface area (Å²) in [5.41, 5.74) is 10.7. The van der Waals surface area contributed by atoms with Gasteiger partial charge in [0.15, 0.2) is 0 Å². The van der Waals surface area contributed by atoms with Crippen molar-refractivity contribution in [3.63, 3.8) is 0 Å². The molecule has 2 aromatic rings. The molecule has 0 saturated carbocycles. The number of aryl methyl sites for hydroxylation is 1. The van der Waals surface area contributed by atoms with Crippen molar-refractivity contribution in [1.29, 1.82) is 0 Å². The summed E-state index contributed by atoms with van der Waals surface area (Å²) in [7, 11) is 6.31. The van der Waals surface area contributed by atoms with Crippen molar-refractivity contribution in [2.45, 2.75) is 76.8 Å². The Hall–Kier alpha value is -2.22. The van der Waals surface area contributed by atoms with E-state index >= 15 is 0 Å². The van der Waals surface area contributed by atoms with E-state index < -0.39 is 0 Å². The molecule has 1 fully saturated rings. The van der Waals surface area contributed by atoms with Crippen molar-refractivity contribution in [1.82, 2.24) is 19.8 Å². The predicted octanol–water partition coefficient (Wildman–Crippen LogP) is 4.59. The van der Waals surface area contributed by atoms with Crippen LogP contribution in [0.5, 0.6) is 5.75 Å². The van der Waals surface area contributed by atoms with Crippen LogP contribution >= 0.6 is 0 Å². The number of likely N-dealkylation sites (N-methyl/N-ethyl adjacent to an activating group) is 1. The summed E-state index contributed by atoms with van der Waals surface area (Å²) in [5.74, 6) is 2.93. The molecule has 1 aromatic carbocycles. The first-order valence-corrected chi connectivity index (χ1v) is 14.4. The number of nitrogens with zero attached hydrogens (tertiary/aromatic N) is 5. The van der Waals surface area contributed by atoms with Crippen LogP contribution in [0.1, 0.15) is 80.1 Å². The summed E-state index contributed by atoms with van der Waals surface area (Å²) in [4.78, 5) is 17.2. The van der Waals surface area contributed by atoms with Crippen LogP contribution in [0.2, 0.25) is 0 Å². The highest BCUT2D eigenvalue weighted by molar-refractivity contribution is 5.50. The molecule has 7 nitrogen and oxygen atoms in total. The van der Waals surface area contributed by atoms with Crippen molar-refractivity contribution in [2.75, 3.05) is 58.8 Å². The zero-order valence-electron chi connectivity index (χ0n) is 23.4.